The lowest BCUT2D eigenvalue weighted by atomic mass is 10.1. The summed E-state index contributed by atoms with van der Waals surface area (Å²) in [6.07, 6.45) is 1.79. The highest BCUT2D eigenvalue weighted by atomic mass is 32.1. The van der Waals surface area contributed by atoms with Gasteiger partial charge in [-0.1, -0.05) is 18.3 Å². The number of thiocarbonyl (C=S) groups is 1. The maximum absolute atomic E-state index is 12.5. The fourth-order valence-electron chi connectivity index (χ4n) is 2.42. The molecule has 1 aromatic rings. The third-order valence-corrected chi connectivity index (χ3v) is 3.77. The number of hydrogen-bond donors (Lipinski definition) is 1. The normalized spacial score (nSPS) is 18.4. The molecule has 5 heteroatoms. The molecule has 19 heavy (non-hydrogen) atoms. The minimum absolute atomic E-state index is 0.0337. The molecule has 2 rings (SSSR count). The van der Waals surface area contributed by atoms with Gasteiger partial charge in [0.2, 0.25) is 0 Å². The number of rotatable bonds is 3. The molecule has 0 saturated carbocycles. The molecule has 2 N–H and O–H groups in total. The lowest BCUT2D eigenvalue weighted by molar-refractivity contribution is 0.0770. The zero-order valence-corrected chi connectivity index (χ0v) is 12.0. The van der Waals surface area contributed by atoms with Crippen LogP contribution in [0, 0.1) is 6.92 Å². The predicted octanol–water partition coefficient (Wildman–Crippen LogP) is 1.89. The first kappa shape index (κ1) is 13.8. The fraction of sp³-hybridized carbons (Fsp3) is 0.429. The summed E-state index contributed by atoms with van der Waals surface area (Å²) >= 11 is 5.03. The van der Waals surface area contributed by atoms with Crippen LogP contribution in [0.15, 0.2) is 18.2 Å². The van der Waals surface area contributed by atoms with Gasteiger partial charge in [0, 0.05) is 12.1 Å². The third-order valence-electron chi connectivity index (χ3n) is 3.50. The molecule has 1 unspecified atom stereocenters. The van der Waals surface area contributed by atoms with E-state index in [-0.39, 0.29) is 11.9 Å². The van der Waals surface area contributed by atoms with Gasteiger partial charge >= 0.3 is 0 Å². The molecule has 1 aliphatic heterocycles. The highest BCUT2D eigenvalue weighted by molar-refractivity contribution is 7.80. The first-order chi connectivity index (χ1) is 9.04. The van der Waals surface area contributed by atoms with Gasteiger partial charge in [-0.2, -0.15) is 0 Å². The number of nitrogens with zero attached hydrogens (tertiary/aromatic N) is 1. The Hall–Kier alpha value is -1.62. The van der Waals surface area contributed by atoms with Crippen LogP contribution < -0.4 is 10.5 Å². The molecular formula is C14H18N2O2S. The standard InChI is InChI=1S/C14H18N2O2S/c1-9-5-6-10(8-12(9)18-2)14(17)16-7-3-4-11(16)13(15)19/h5-6,8,11H,3-4,7H2,1-2H3,(H2,15,19). The Labute approximate surface area is 118 Å². The van der Waals surface area contributed by atoms with Crippen LogP contribution in [0.3, 0.4) is 0 Å². The first-order valence-electron chi connectivity index (χ1n) is 6.29. The molecule has 1 aliphatic rings. The topological polar surface area (TPSA) is 55.6 Å². The van der Waals surface area contributed by atoms with Crippen molar-refractivity contribution in [2.24, 2.45) is 5.73 Å². The van der Waals surface area contributed by atoms with Crippen LogP contribution in [0.25, 0.3) is 0 Å². The van der Waals surface area contributed by atoms with Gasteiger partial charge in [0.1, 0.15) is 5.75 Å². The molecule has 1 fully saturated rings. The molecule has 0 aromatic heterocycles. The summed E-state index contributed by atoms with van der Waals surface area (Å²) in [5.41, 5.74) is 7.32. The number of carbonyl (C=O) groups is 1. The molecular weight excluding hydrogens is 260 g/mol. The summed E-state index contributed by atoms with van der Waals surface area (Å²) in [7, 11) is 1.60. The SMILES string of the molecule is COc1cc(C(=O)N2CCCC2C(N)=S)ccc1C. The van der Waals surface area contributed by atoms with E-state index in [0.29, 0.717) is 17.1 Å². The molecule has 0 spiro atoms. The van der Waals surface area contributed by atoms with E-state index in [4.69, 9.17) is 22.7 Å². The van der Waals surface area contributed by atoms with Gasteiger partial charge in [-0.05, 0) is 37.5 Å². The number of aryl methyl sites for hydroxylation is 1. The summed E-state index contributed by atoms with van der Waals surface area (Å²) in [4.78, 5) is 14.6. The van der Waals surface area contributed by atoms with Crippen molar-refractivity contribution in [1.82, 2.24) is 4.90 Å². The van der Waals surface area contributed by atoms with Gasteiger partial charge < -0.3 is 15.4 Å². The molecule has 4 nitrogen and oxygen atoms in total. The van der Waals surface area contributed by atoms with E-state index in [1.165, 1.54) is 0 Å². The Morgan fingerprint density at radius 1 is 1.53 bits per heavy atom. The third kappa shape index (κ3) is 2.71. The van der Waals surface area contributed by atoms with Crippen molar-refractivity contribution in [3.05, 3.63) is 29.3 Å². The van der Waals surface area contributed by atoms with E-state index in [0.717, 1.165) is 24.2 Å². The van der Waals surface area contributed by atoms with Crippen molar-refractivity contribution >= 4 is 23.1 Å². The van der Waals surface area contributed by atoms with Crippen molar-refractivity contribution in [3.8, 4) is 5.75 Å². The minimum atomic E-state index is -0.116. The van der Waals surface area contributed by atoms with Crippen LogP contribution in [0.4, 0.5) is 0 Å². The molecule has 1 atom stereocenters. The number of ether oxygens (including phenoxy) is 1. The van der Waals surface area contributed by atoms with E-state index < -0.39 is 0 Å². The van der Waals surface area contributed by atoms with Crippen LogP contribution in [0.1, 0.15) is 28.8 Å². The van der Waals surface area contributed by atoms with E-state index in [1.807, 2.05) is 19.1 Å². The van der Waals surface area contributed by atoms with Crippen molar-refractivity contribution in [2.75, 3.05) is 13.7 Å². The van der Waals surface area contributed by atoms with Gasteiger partial charge in [-0.25, -0.2) is 0 Å². The van der Waals surface area contributed by atoms with Crippen LogP contribution in [0.5, 0.6) is 5.75 Å². The highest BCUT2D eigenvalue weighted by Gasteiger charge is 2.31. The van der Waals surface area contributed by atoms with Gasteiger partial charge in [-0.15, -0.1) is 0 Å². The maximum Gasteiger partial charge on any atom is 0.254 e. The monoisotopic (exact) mass is 278 g/mol. The van der Waals surface area contributed by atoms with Gasteiger partial charge in [0.15, 0.2) is 0 Å². The average Bonchev–Trinajstić information content (AvgIpc) is 2.87. The van der Waals surface area contributed by atoms with E-state index in [9.17, 15) is 4.79 Å². The van der Waals surface area contributed by atoms with Gasteiger partial charge in [-0.3, -0.25) is 4.79 Å². The Balaban J connectivity index is 2.26. The van der Waals surface area contributed by atoms with E-state index in [1.54, 1.807) is 18.1 Å². The van der Waals surface area contributed by atoms with Crippen molar-refractivity contribution in [3.63, 3.8) is 0 Å². The molecule has 0 bridgehead atoms. The molecule has 1 saturated heterocycles. The lowest BCUT2D eigenvalue weighted by Crippen LogP contribution is -2.42. The van der Waals surface area contributed by atoms with Gasteiger partial charge in [0.25, 0.3) is 5.91 Å². The van der Waals surface area contributed by atoms with Gasteiger partial charge in [0.05, 0.1) is 18.1 Å². The zero-order chi connectivity index (χ0) is 14.0. The van der Waals surface area contributed by atoms with E-state index in [2.05, 4.69) is 0 Å². The summed E-state index contributed by atoms with van der Waals surface area (Å²) in [5, 5.41) is 0. The van der Waals surface area contributed by atoms with Crippen LogP contribution in [-0.2, 0) is 0 Å². The lowest BCUT2D eigenvalue weighted by Gasteiger charge is -2.24. The molecule has 1 heterocycles. The van der Waals surface area contributed by atoms with Crippen LogP contribution in [0.2, 0.25) is 0 Å². The Morgan fingerprint density at radius 3 is 2.89 bits per heavy atom. The first-order valence-corrected chi connectivity index (χ1v) is 6.70. The number of benzene rings is 1. The Kier molecular flexibility index (Phi) is 4.04. The highest BCUT2D eigenvalue weighted by Crippen LogP contribution is 2.24. The summed E-state index contributed by atoms with van der Waals surface area (Å²) in [6.45, 7) is 2.65. The quantitative estimate of drug-likeness (QED) is 0.858. The number of amides is 1. The zero-order valence-electron chi connectivity index (χ0n) is 11.2. The number of methoxy groups -OCH3 is 1. The molecule has 1 amide bonds. The van der Waals surface area contributed by atoms with Crippen molar-refractivity contribution in [2.45, 2.75) is 25.8 Å². The second-order valence-electron chi connectivity index (χ2n) is 4.74. The Morgan fingerprint density at radius 2 is 2.26 bits per heavy atom. The minimum Gasteiger partial charge on any atom is -0.496 e. The number of carbonyl (C=O) groups excluding carboxylic acids is 1. The second-order valence-corrected chi connectivity index (χ2v) is 5.21. The summed E-state index contributed by atoms with van der Waals surface area (Å²) in [5.74, 6) is 0.686. The number of likely N-dealkylation sites (tertiary alicyclic amines) is 1. The van der Waals surface area contributed by atoms with Crippen molar-refractivity contribution < 1.29 is 9.53 Å². The summed E-state index contributed by atoms with van der Waals surface area (Å²) in [6, 6.07) is 5.36. The number of nitrogens with two attached hydrogens (primary N) is 1. The van der Waals surface area contributed by atoms with E-state index >= 15 is 0 Å². The second kappa shape index (κ2) is 5.57. The summed E-state index contributed by atoms with van der Waals surface area (Å²) < 4.78 is 5.25. The van der Waals surface area contributed by atoms with Crippen LogP contribution >= 0.6 is 12.2 Å². The average molecular weight is 278 g/mol. The molecule has 0 aliphatic carbocycles. The molecule has 0 radical (unpaired) electrons. The predicted molar refractivity (Wildman–Crippen MR) is 78.6 cm³/mol. The number of hydrogen-bond acceptors (Lipinski definition) is 3. The van der Waals surface area contributed by atoms with Crippen LogP contribution in [-0.4, -0.2) is 35.5 Å². The van der Waals surface area contributed by atoms with Crippen molar-refractivity contribution in [1.29, 1.82) is 0 Å². The molecule has 1 aromatic carbocycles. The Bertz CT molecular complexity index is 516. The molecule has 102 valence electrons. The maximum atomic E-state index is 12.5. The fourth-order valence-corrected chi connectivity index (χ4v) is 2.67. The largest absolute Gasteiger partial charge is 0.496 e. The smallest absolute Gasteiger partial charge is 0.254 e.